The van der Waals surface area contributed by atoms with E-state index in [2.05, 4.69) is 0 Å². The minimum atomic E-state index is -0.883. The zero-order valence-electron chi connectivity index (χ0n) is 12.5. The van der Waals surface area contributed by atoms with Crippen molar-refractivity contribution in [2.24, 2.45) is 5.92 Å². The van der Waals surface area contributed by atoms with Crippen LogP contribution in [0.4, 0.5) is 0 Å². The second-order valence-electron chi connectivity index (χ2n) is 5.66. The topological polar surface area (TPSA) is 77.9 Å². The van der Waals surface area contributed by atoms with Crippen molar-refractivity contribution in [1.82, 2.24) is 9.80 Å². The van der Waals surface area contributed by atoms with Crippen LogP contribution in [0.25, 0.3) is 0 Å². The molecule has 20 heavy (non-hydrogen) atoms. The summed E-state index contributed by atoms with van der Waals surface area (Å²) in [5.74, 6) is -1.46. The fourth-order valence-corrected chi connectivity index (χ4v) is 1.97. The molecule has 1 atom stereocenters. The van der Waals surface area contributed by atoms with Gasteiger partial charge in [0.1, 0.15) is 0 Å². The second-order valence-corrected chi connectivity index (χ2v) is 5.66. The van der Waals surface area contributed by atoms with Crippen molar-refractivity contribution in [3.8, 4) is 0 Å². The molecule has 114 valence electrons. The largest absolute Gasteiger partial charge is 0.481 e. The SMILES string of the molecule is CC(CN(C(=O)CCCC(=O)N(C)C)C1CC1)C(=O)O. The van der Waals surface area contributed by atoms with Crippen LogP contribution in [0.1, 0.15) is 39.0 Å². The minimum absolute atomic E-state index is 0.00896. The van der Waals surface area contributed by atoms with E-state index in [1.807, 2.05) is 0 Å². The summed E-state index contributed by atoms with van der Waals surface area (Å²) in [6, 6.07) is 0.203. The molecule has 0 radical (unpaired) electrons. The Morgan fingerprint density at radius 2 is 1.70 bits per heavy atom. The van der Waals surface area contributed by atoms with Crippen molar-refractivity contribution >= 4 is 17.8 Å². The molecular weight excluding hydrogens is 260 g/mol. The van der Waals surface area contributed by atoms with Gasteiger partial charge in [-0.3, -0.25) is 14.4 Å². The lowest BCUT2D eigenvalue weighted by atomic mass is 10.1. The minimum Gasteiger partial charge on any atom is -0.481 e. The molecule has 2 amide bonds. The van der Waals surface area contributed by atoms with Crippen molar-refractivity contribution in [3.63, 3.8) is 0 Å². The van der Waals surface area contributed by atoms with E-state index in [0.29, 0.717) is 19.3 Å². The molecule has 1 fully saturated rings. The van der Waals surface area contributed by atoms with Gasteiger partial charge in [0, 0.05) is 39.5 Å². The molecule has 0 bridgehead atoms. The first-order chi connectivity index (χ1) is 9.32. The van der Waals surface area contributed by atoms with Crippen LogP contribution in [0.15, 0.2) is 0 Å². The number of carbonyl (C=O) groups excluding carboxylic acids is 2. The second kappa shape index (κ2) is 7.26. The molecule has 6 heteroatoms. The van der Waals surface area contributed by atoms with E-state index in [4.69, 9.17) is 5.11 Å². The van der Waals surface area contributed by atoms with Crippen LogP contribution in [-0.4, -0.2) is 59.4 Å². The summed E-state index contributed by atoms with van der Waals surface area (Å²) in [7, 11) is 3.38. The van der Waals surface area contributed by atoms with Crippen molar-refractivity contribution in [2.45, 2.75) is 45.1 Å². The Labute approximate surface area is 119 Å². The number of amides is 2. The van der Waals surface area contributed by atoms with E-state index in [9.17, 15) is 14.4 Å². The van der Waals surface area contributed by atoms with Gasteiger partial charge in [0.05, 0.1) is 5.92 Å². The van der Waals surface area contributed by atoms with Gasteiger partial charge >= 0.3 is 5.97 Å². The first-order valence-corrected chi connectivity index (χ1v) is 7.05. The standard InChI is InChI=1S/C14H24N2O4/c1-10(14(19)20)9-16(11-7-8-11)13(18)6-4-5-12(17)15(2)3/h10-11H,4-9H2,1-3H3,(H,19,20). The zero-order chi connectivity index (χ0) is 15.3. The third-order valence-electron chi connectivity index (χ3n) is 3.48. The van der Waals surface area contributed by atoms with E-state index < -0.39 is 11.9 Å². The van der Waals surface area contributed by atoms with Crippen LogP contribution in [-0.2, 0) is 14.4 Å². The summed E-state index contributed by atoms with van der Waals surface area (Å²) in [6.07, 6.45) is 3.08. The fourth-order valence-electron chi connectivity index (χ4n) is 1.97. The molecule has 6 nitrogen and oxygen atoms in total. The summed E-state index contributed by atoms with van der Waals surface area (Å²) in [6.45, 7) is 1.88. The molecule has 0 aromatic carbocycles. The zero-order valence-corrected chi connectivity index (χ0v) is 12.5. The Balaban J connectivity index is 2.41. The van der Waals surface area contributed by atoms with Gasteiger partial charge in [-0.1, -0.05) is 6.92 Å². The van der Waals surface area contributed by atoms with Crippen LogP contribution >= 0.6 is 0 Å². The maximum Gasteiger partial charge on any atom is 0.308 e. The van der Waals surface area contributed by atoms with Crippen molar-refractivity contribution in [2.75, 3.05) is 20.6 Å². The van der Waals surface area contributed by atoms with E-state index in [1.165, 1.54) is 4.90 Å². The monoisotopic (exact) mass is 284 g/mol. The first kappa shape index (κ1) is 16.5. The molecule has 0 aromatic heterocycles. The van der Waals surface area contributed by atoms with Crippen molar-refractivity contribution in [1.29, 1.82) is 0 Å². The lowest BCUT2D eigenvalue weighted by Crippen LogP contribution is -2.38. The van der Waals surface area contributed by atoms with Crippen LogP contribution in [0, 0.1) is 5.92 Å². The van der Waals surface area contributed by atoms with Gasteiger partial charge in [-0.05, 0) is 19.3 Å². The van der Waals surface area contributed by atoms with Crippen LogP contribution in [0.5, 0.6) is 0 Å². The normalized spacial score (nSPS) is 15.6. The highest BCUT2D eigenvalue weighted by Gasteiger charge is 2.34. The van der Waals surface area contributed by atoms with Gasteiger partial charge in [-0.2, -0.15) is 0 Å². The molecule has 1 unspecified atom stereocenters. The van der Waals surface area contributed by atoms with Crippen LogP contribution < -0.4 is 0 Å². The van der Waals surface area contributed by atoms with E-state index in [1.54, 1.807) is 25.9 Å². The van der Waals surface area contributed by atoms with Gasteiger partial charge in [-0.15, -0.1) is 0 Å². The molecule has 0 spiro atoms. The third-order valence-corrected chi connectivity index (χ3v) is 3.48. The summed E-state index contributed by atoms with van der Waals surface area (Å²) in [5, 5.41) is 8.94. The first-order valence-electron chi connectivity index (χ1n) is 7.05. The van der Waals surface area contributed by atoms with Crippen LogP contribution in [0.2, 0.25) is 0 Å². The number of hydrogen-bond acceptors (Lipinski definition) is 3. The summed E-state index contributed by atoms with van der Waals surface area (Å²) in [4.78, 5) is 37.7. The highest BCUT2D eigenvalue weighted by molar-refractivity contribution is 5.80. The highest BCUT2D eigenvalue weighted by Crippen LogP contribution is 2.28. The van der Waals surface area contributed by atoms with Gasteiger partial charge < -0.3 is 14.9 Å². The number of carboxylic acids is 1. The Morgan fingerprint density at radius 3 is 2.15 bits per heavy atom. The summed E-state index contributed by atoms with van der Waals surface area (Å²) < 4.78 is 0. The molecule has 0 aliphatic heterocycles. The number of hydrogen-bond donors (Lipinski definition) is 1. The summed E-state index contributed by atoms with van der Waals surface area (Å²) >= 11 is 0. The Hall–Kier alpha value is -1.59. The molecule has 1 saturated carbocycles. The lowest BCUT2D eigenvalue weighted by Gasteiger charge is -2.24. The lowest BCUT2D eigenvalue weighted by molar-refractivity contribution is -0.143. The number of nitrogens with zero attached hydrogens (tertiary/aromatic N) is 2. The third kappa shape index (κ3) is 5.19. The summed E-state index contributed by atoms with van der Waals surface area (Å²) in [5.41, 5.74) is 0. The number of carbonyl (C=O) groups is 3. The van der Waals surface area contributed by atoms with E-state index in [-0.39, 0.29) is 24.4 Å². The molecule has 1 aliphatic rings. The van der Waals surface area contributed by atoms with Crippen molar-refractivity contribution in [3.05, 3.63) is 0 Å². The average Bonchev–Trinajstić information content (AvgIpc) is 3.18. The number of carboxylic acid groups (broad SMARTS) is 1. The van der Waals surface area contributed by atoms with Gasteiger partial charge in [-0.25, -0.2) is 0 Å². The average molecular weight is 284 g/mol. The van der Waals surface area contributed by atoms with Gasteiger partial charge in [0.25, 0.3) is 0 Å². The maximum absolute atomic E-state index is 12.1. The predicted octanol–water partition coefficient (Wildman–Crippen LogP) is 0.957. The maximum atomic E-state index is 12.1. The molecular formula is C14H24N2O4. The molecule has 0 saturated heterocycles. The van der Waals surface area contributed by atoms with Crippen molar-refractivity contribution < 1.29 is 19.5 Å². The molecule has 1 N–H and O–H groups in total. The van der Waals surface area contributed by atoms with E-state index in [0.717, 1.165) is 12.8 Å². The fraction of sp³-hybridized carbons (Fsp3) is 0.786. The number of rotatable bonds is 8. The Bertz CT molecular complexity index is 377. The van der Waals surface area contributed by atoms with Crippen LogP contribution in [0.3, 0.4) is 0 Å². The molecule has 0 aromatic rings. The van der Waals surface area contributed by atoms with Gasteiger partial charge in [0.2, 0.25) is 11.8 Å². The quantitative estimate of drug-likeness (QED) is 0.720. The molecule has 1 aliphatic carbocycles. The van der Waals surface area contributed by atoms with Gasteiger partial charge in [0.15, 0.2) is 0 Å². The molecule has 0 heterocycles. The Morgan fingerprint density at radius 1 is 1.15 bits per heavy atom. The highest BCUT2D eigenvalue weighted by atomic mass is 16.4. The predicted molar refractivity (Wildman–Crippen MR) is 74.1 cm³/mol. The number of aliphatic carboxylic acids is 1. The van der Waals surface area contributed by atoms with E-state index >= 15 is 0 Å². The smallest absolute Gasteiger partial charge is 0.308 e. The molecule has 1 rings (SSSR count). The Kier molecular flexibility index (Phi) is 5.98.